The zero-order valence-electron chi connectivity index (χ0n) is 31.1. The van der Waals surface area contributed by atoms with Gasteiger partial charge in [0, 0.05) is 73.2 Å². The number of ether oxygens (including phenoxy) is 2. The number of benzene rings is 3. The normalized spacial score (nSPS) is 19.7. The molecule has 5 aromatic rings. The zero-order chi connectivity index (χ0) is 37.3. The summed E-state index contributed by atoms with van der Waals surface area (Å²) in [6.07, 6.45) is 8.48. The predicted octanol–water partition coefficient (Wildman–Crippen LogP) is 6.58. The number of hydrogen-bond acceptors (Lipinski definition) is 11. The van der Waals surface area contributed by atoms with Crippen molar-refractivity contribution >= 4 is 45.7 Å². The van der Waals surface area contributed by atoms with Crippen LogP contribution in [0.1, 0.15) is 55.6 Å². The van der Waals surface area contributed by atoms with E-state index < -0.39 is 6.10 Å². The Hall–Kier alpha value is -5.75. The van der Waals surface area contributed by atoms with Crippen LogP contribution in [0.15, 0.2) is 79.1 Å². The molecule has 1 unspecified atom stereocenters. The first-order chi connectivity index (χ1) is 26.9. The lowest BCUT2D eigenvalue weighted by Crippen LogP contribution is -2.47. The number of imide groups is 1. The summed E-state index contributed by atoms with van der Waals surface area (Å²) in [6, 6.07) is 23.7. The van der Waals surface area contributed by atoms with Gasteiger partial charge >= 0.3 is 0 Å². The van der Waals surface area contributed by atoms with Gasteiger partial charge in [0.05, 0.1) is 5.52 Å². The molecule has 2 aromatic heterocycles. The van der Waals surface area contributed by atoms with E-state index in [1.54, 1.807) is 0 Å². The lowest BCUT2D eigenvalue weighted by Gasteiger charge is -2.42. The summed E-state index contributed by atoms with van der Waals surface area (Å²) in [4.78, 5) is 42.7. The van der Waals surface area contributed by atoms with Crippen LogP contribution in [0.4, 0.5) is 23.0 Å². The van der Waals surface area contributed by atoms with E-state index in [4.69, 9.17) is 14.5 Å². The number of anilines is 4. The molecular formula is C43H46N8O4. The standard InChI is InChI=1S/C43H46N8O4/c1-27-36(26-45-42-40(27)44-18-23-54-42)30-2-3-31-25-46-43(48-37(31)24-30)47-32-6-8-33(9-7-32)51-21-16-34(17-22-51)50-19-14-29(15-20-50)28-4-10-35(11-5-28)55-38-12-13-39(52)49-41(38)53/h2-11,24-26,29,34,38,44H,12-23H2,1H3,(H,46,47,48)(H,49,52,53). The maximum absolute atomic E-state index is 12.1. The SMILES string of the molecule is Cc1c(-c2ccc3cnc(Nc4ccc(N5CCC(N6CCC(c7ccc(OC8CCC(=O)NC8=O)cc7)CC6)CC5)cc4)nc3c2)cnc2c1NCCO2. The summed E-state index contributed by atoms with van der Waals surface area (Å²) in [6.45, 7) is 7.81. The lowest BCUT2D eigenvalue weighted by molar-refractivity contribution is -0.138. The van der Waals surface area contributed by atoms with Crippen LogP contribution in [0.5, 0.6) is 11.6 Å². The van der Waals surface area contributed by atoms with E-state index in [1.165, 1.54) is 11.3 Å². The quantitative estimate of drug-likeness (QED) is 0.149. The predicted molar refractivity (Wildman–Crippen MR) is 213 cm³/mol. The minimum Gasteiger partial charge on any atom is -0.481 e. The van der Waals surface area contributed by atoms with Gasteiger partial charge in [0.1, 0.15) is 18.0 Å². The van der Waals surface area contributed by atoms with Gasteiger partial charge in [-0.2, -0.15) is 0 Å². The number of carbonyl (C=O) groups is 2. The van der Waals surface area contributed by atoms with Crippen molar-refractivity contribution in [3.05, 3.63) is 90.3 Å². The second kappa shape index (κ2) is 15.2. The van der Waals surface area contributed by atoms with Crippen molar-refractivity contribution in [3.63, 3.8) is 0 Å². The second-order valence-corrected chi connectivity index (χ2v) is 15.0. The van der Waals surface area contributed by atoms with Crippen LogP contribution in [-0.2, 0) is 9.59 Å². The number of carbonyl (C=O) groups excluding carboxylic acids is 2. The number of piperidine rings is 3. The molecule has 12 nitrogen and oxygen atoms in total. The molecule has 9 rings (SSSR count). The third-order valence-corrected chi connectivity index (χ3v) is 11.7. The van der Waals surface area contributed by atoms with Crippen molar-refractivity contribution in [1.29, 1.82) is 0 Å². The molecule has 12 heteroatoms. The maximum Gasteiger partial charge on any atom is 0.267 e. The smallest absolute Gasteiger partial charge is 0.267 e. The van der Waals surface area contributed by atoms with Gasteiger partial charge in [-0.05, 0) is 111 Å². The molecule has 3 saturated heterocycles. The van der Waals surface area contributed by atoms with E-state index in [9.17, 15) is 9.59 Å². The van der Waals surface area contributed by atoms with Crippen molar-refractivity contribution < 1.29 is 19.1 Å². The van der Waals surface area contributed by atoms with Crippen LogP contribution >= 0.6 is 0 Å². The van der Waals surface area contributed by atoms with Gasteiger partial charge in [0.25, 0.3) is 5.91 Å². The van der Waals surface area contributed by atoms with Crippen molar-refractivity contribution in [2.75, 3.05) is 54.9 Å². The summed E-state index contributed by atoms with van der Waals surface area (Å²) >= 11 is 0. The molecule has 0 saturated carbocycles. The minimum absolute atomic E-state index is 0.231. The third kappa shape index (κ3) is 7.51. The number of likely N-dealkylation sites (tertiary alicyclic amines) is 1. The Morgan fingerprint density at radius 1 is 0.873 bits per heavy atom. The summed E-state index contributed by atoms with van der Waals surface area (Å²) in [5, 5.41) is 10.2. The Balaban J connectivity index is 0.759. The fraction of sp³-hybridized carbons (Fsp3) is 0.372. The summed E-state index contributed by atoms with van der Waals surface area (Å²) in [7, 11) is 0. The molecule has 0 bridgehead atoms. The summed E-state index contributed by atoms with van der Waals surface area (Å²) < 4.78 is 11.6. The monoisotopic (exact) mass is 738 g/mol. The molecule has 55 heavy (non-hydrogen) atoms. The van der Waals surface area contributed by atoms with Gasteiger partial charge in [-0.1, -0.05) is 24.3 Å². The van der Waals surface area contributed by atoms with Gasteiger partial charge in [-0.3, -0.25) is 14.9 Å². The van der Waals surface area contributed by atoms with Crippen molar-refractivity contribution in [3.8, 4) is 22.8 Å². The molecule has 0 radical (unpaired) electrons. The first-order valence-electron chi connectivity index (χ1n) is 19.5. The van der Waals surface area contributed by atoms with E-state index in [0.29, 0.717) is 49.0 Å². The second-order valence-electron chi connectivity index (χ2n) is 15.0. The molecule has 4 aliphatic rings. The van der Waals surface area contributed by atoms with E-state index in [-0.39, 0.29) is 11.8 Å². The molecule has 3 aromatic carbocycles. The summed E-state index contributed by atoms with van der Waals surface area (Å²) in [5.41, 5.74) is 8.57. The molecule has 3 N–H and O–H groups in total. The van der Waals surface area contributed by atoms with Gasteiger partial charge in [-0.25, -0.2) is 15.0 Å². The number of aromatic nitrogens is 3. The van der Waals surface area contributed by atoms with Gasteiger partial charge in [0.2, 0.25) is 17.7 Å². The average Bonchev–Trinajstić information content (AvgIpc) is 3.23. The lowest BCUT2D eigenvalue weighted by atomic mass is 9.88. The average molecular weight is 739 g/mol. The van der Waals surface area contributed by atoms with Crippen LogP contribution in [0.2, 0.25) is 0 Å². The molecule has 4 aliphatic heterocycles. The van der Waals surface area contributed by atoms with Crippen molar-refractivity contribution in [1.82, 2.24) is 25.2 Å². The fourth-order valence-electron chi connectivity index (χ4n) is 8.50. The van der Waals surface area contributed by atoms with Gasteiger partial charge < -0.3 is 29.9 Å². The Morgan fingerprint density at radius 2 is 1.67 bits per heavy atom. The first-order valence-corrected chi connectivity index (χ1v) is 19.5. The topological polar surface area (TPSA) is 134 Å². The van der Waals surface area contributed by atoms with Crippen LogP contribution < -0.4 is 30.3 Å². The number of amides is 2. The molecule has 3 fully saturated rings. The highest BCUT2D eigenvalue weighted by molar-refractivity contribution is 6.00. The molecule has 2 amide bonds. The minimum atomic E-state index is -0.607. The van der Waals surface area contributed by atoms with E-state index in [1.807, 2.05) is 24.5 Å². The molecule has 282 valence electrons. The maximum atomic E-state index is 12.1. The Kier molecular flexibility index (Phi) is 9.65. The summed E-state index contributed by atoms with van der Waals surface area (Å²) in [5.74, 6) is 1.84. The van der Waals surface area contributed by atoms with Crippen LogP contribution in [0.3, 0.4) is 0 Å². The Labute approximate surface area is 320 Å². The number of rotatable bonds is 8. The molecule has 0 aliphatic carbocycles. The highest BCUT2D eigenvalue weighted by Gasteiger charge is 2.30. The van der Waals surface area contributed by atoms with Crippen LogP contribution in [0.25, 0.3) is 22.0 Å². The largest absolute Gasteiger partial charge is 0.481 e. The fourth-order valence-corrected chi connectivity index (χ4v) is 8.50. The van der Waals surface area contributed by atoms with Gasteiger partial charge in [0.15, 0.2) is 6.10 Å². The van der Waals surface area contributed by atoms with Gasteiger partial charge in [-0.15, -0.1) is 0 Å². The molecule has 1 atom stereocenters. The number of hydrogen-bond donors (Lipinski definition) is 3. The number of pyridine rings is 1. The highest BCUT2D eigenvalue weighted by Crippen LogP contribution is 2.37. The first kappa shape index (κ1) is 35.0. The molecule has 0 spiro atoms. The third-order valence-electron chi connectivity index (χ3n) is 11.7. The van der Waals surface area contributed by atoms with Crippen LogP contribution in [0, 0.1) is 6.92 Å². The van der Waals surface area contributed by atoms with Crippen LogP contribution in [-0.4, -0.2) is 83.1 Å². The number of fused-ring (bicyclic) bond motifs is 2. The zero-order valence-corrected chi connectivity index (χ0v) is 31.1. The molecular weight excluding hydrogens is 693 g/mol. The molecule has 6 heterocycles. The van der Waals surface area contributed by atoms with Crippen molar-refractivity contribution in [2.24, 2.45) is 0 Å². The van der Waals surface area contributed by atoms with E-state index in [0.717, 1.165) is 97.4 Å². The number of nitrogens with zero attached hydrogens (tertiary/aromatic N) is 5. The Bertz CT molecular complexity index is 2200. The highest BCUT2D eigenvalue weighted by atomic mass is 16.5. The Morgan fingerprint density at radius 3 is 2.45 bits per heavy atom. The number of nitrogens with one attached hydrogen (secondary N) is 3. The van der Waals surface area contributed by atoms with E-state index >= 15 is 0 Å². The van der Waals surface area contributed by atoms with E-state index in [2.05, 4.69) is 97.2 Å². The van der Waals surface area contributed by atoms with Crippen molar-refractivity contribution in [2.45, 2.75) is 63.5 Å².